The third-order valence-corrected chi connectivity index (χ3v) is 4.61. The molecular weight excluding hydrogens is 282 g/mol. The summed E-state index contributed by atoms with van der Waals surface area (Å²) in [6.45, 7) is 0.934. The van der Waals surface area contributed by atoms with Crippen LogP contribution in [-0.2, 0) is 20.7 Å². The number of amides is 1. The molecule has 0 bridgehead atoms. The third kappa shape index (κ3) is 3.14. The van der Waals surface area contributed by atoms with Gasteiger partial charge in [-0.15, -0.1) is 0 Å². The van der Waals surface area contributed by atoms with Gasteiger partial charge in [0.1, 0.15) is 0 Å². The molecule has 118 valence electrons. The topological polar surface area (TPSA) is 66.8 Å². The van der Waals surface area contributed by atoms with Gasteiger partial charge < -0.3 is 14.7 Å². The summed E-state index contributed by atoms with van der Waals surface area (Å²) in [7, 11) is 0. The monoisotopic (exact) mass is 303 g/mol. The van der Waals surface area contributed by atoms with Crippen LogP contribution in [0.2, 0.25) is 0 Å². The summed E-state index contributed by atoms with van der Waals surface area (Å²) in [5.41, 5.74) is 2.63. The van der Waals surface area contributed by atoms with E-state index in [-0.39, 0.29) is 18.4 Å². The Kier molecular flexibility index (Phi) is 4.43. The largest absolute Gasteiger partial charge is 0.479 e. The molecule has 1 aromatic rings. The fourth-order valence-electron chi connectivity index (χ4n) is 3.43. The number of carboxylic acid groups (broad SMARTS) is 1. The third-order valence-electron chi connectivity index (χ3n) is 4.61. The number of carbonyl (C=O) groups excluding carboxylic acids is 1. The first kappa shape index (κ1) is 15.0. The molecule has 1 fully saturated rings. The van der Waals surface area contributed by atoms with Crippen LogP contribution in [0.3, 0.4) is 0 Å². The van der Waals surface area contributed by atoms with Crippen molar-refractivity contribution in [3.8, 4) is 0 Å². The van der Waals surface area contributed by atoms with E-state index in [2.05, 4.69) is 12.1 Å². The Hall–Kier alpha value is -1.88. The lowest BCUT2D eigenvalue weighted by atomic mass is 9.81. The van der Waals surface area contributed by atoms with Crippen LogP contribution in [0.25, 0.3) is 0 Å². The SMILES string of the molecule is O=C(O)C1CN(C(=O)CC2CCCc3ccccc32)CCO1. The molecule has 5 nitrogen and oxygen atoms in total. The second kappa shape index (κ2) is 6.48. The van der Waals surface area contributed by atoms with Crippen molar-refractivity contribution in [2.24, 2.45) is 0 Å². The number of carboxylic acids is 1. The fraction of sp³-hybridized carbons (Fsp3) is 0.529. The van der Waals surface area contributed by atoms with Gasteiger partial charge in [-0.05, 0) is 36.3 Å². The number of rotatable bonds is 3. The van der Waals surface area contributed by atoms with Gasteiger partial charge in [0.2, 0.25) is 5.91 Å². The van der Waals surface area contributed by atoms with Crippen molar-refractivity contribution in [3.63, 3.8) is 0 Å². The number of aryl methyl sites for hydroxylation is 1. The first-order valence-corrected chi connectivity index (χ1v) is 7.85. The first-order chi connectivity index (χ1) is 10.6. The van der Waals surface area contributed by atoms with E-state index in [1.807, 2.05) is 12.1 Å². The molecule has 2 unspecified atom stereocenters. The summed E-state index contributed by atoms with van der Waals surface area (Å²) in [6.07, 6.45) is 2.78. The molecule has 3 rings (SSSR count). The number of fused-ring (bicyclic) bond motifs is 1. The molecule has 2 atom stereocenters. The number of benzene rings is 1. The second-order valence-electron chi connectivity index (χ2n) is 6.03. The molecule has 0 radical (unpaired) electrons. The van der Waals surface area contributed by atoms with Crippen LogP contribution in [0, 0.1) is 0 Å². The zero-order valence-electron chi connectivity index (χ0n) is 12.5. The molecule has 2 aliphatic rings. The van der Waals surface area contributed by atoms with E-state index in [9.17, 15) is 9.59 Å². The summed E-state index contributed by atoms with van der Waals surface area (Å²) in [5, 5.41) is 9.03. The normalized spacial score (nSPS) is 24.6. The molecule has 0 aromatic heterocycles. The molecule has 1 saturated heterocycles. The lowest BCUT2D eigenvalue weighted by molar-refractivity contribution is -0.159. The summed E-state index contributed by atoms with van der Waals surface area (Å²) in [4.78, 5) is 25.2. The summed E-state index contributed by atoms with van der Waals surface area (Å²) >= 11 is 0. The maximum absolute atomic E-state index is 12.5. The van der Waals surface area contributed by atoms with Crippen LogP contribution in [0.1, 0.15) is 36.3 Å². The molecule has 22 heavy (non-hydrogen) atoms. The van der Waals surface area contributed by atoms with Crippen LogP contribution in [0.15, 0.2) is 24.3 Å². The number of ether oxygens (including phenoxy) is 1. The van der Waals surface area contributed by atoms with Crippen molar-refractivity contribution < 1.29 is 19.4 Å². The molecule has 1 N–H and O–H groups in total. The molecule has 1 amide bonds. The highest BCUT2D eigenvalue weighted by Crippen LogP contribution is 2.34. The van der Waals surface area contributed by atoms with Gasteiger partial charge in [0, 0.05) is 13.0 Å². The number of hydrogen-bond donors (Lipinski definition) is 1. The molecule has 1 heterocycles. The van der Waals surface area contributed by atoms with Crippen LogP contribution in [0.4, 0.5) is 0 Å². The fourth-order valence-corrected chi connectivity index (χ4v) is 3.43. The standard InChI is InChI=1S/C17H21NO4/c19-16(18-8-9-22-15(11-18)17(20)21)10-13-6-3-5-12-4-1-2-7-14(12)13/h1-2,4,7,13,15H,3,5-6,8-11H2,(H,20,21). The highest BCUT2D eigenvalue weighted by molar-refractivity contribution is 5.79. The van der Waals surface area contributed by atoms with Gasteiger partial charge in [-0.2, -0.15) is 0 Å². The molecular formula is C17H21NO4. The van der Waals surface area contributed by atoms with Gasteiger partial charge in [-0.1, -0.05) is 24.3 Å². The van der Waals surface area contributed by atoms with E-state index in [1.165, 1.54) is 11.1 Å². The highest BCUT2D eigenvalue weighted by Gasteiger charge is 2.31. The molecule has 1 aromatic carbocycles. The lowest BCUT2D eigenvalue weighted by Crippen LogP contribution is -2.48. The maximum atomic E-state index is 12.5. The van der Waals surface area contributed by atoms with Gasteiger partial charge in [-0.3, -0.25) is 4.79 Å². The first-order valence-electron chi connectivity index (χ1n) is 7.85. The predicted molar refractivity (Wildman–Crippen MR) is 80.7 cm³/mol. The Bertz CT molecular complexity index is 572. The van der Waals surface area contributed by atoms with Crippen LogP contribution < -0.4 is 0 Å². The van der Waals surface area contributed by atoms with Crippen molar-refractivity contribution in [1.29, 1.82) is 0 Å². The van der Waals surface area contributed by atoms with Gasteiger partial charge in [-0.25, -0.2) is 4.79 Å². The van der Waals surface area contributed by atoms with Gasteiger partial charge in [0.05, 0.1) is 13.2 Å². The van der Waals surface area contributed by atoms with Crippen LogP contribution in [0.5, 0.6) is 0 Å². The molecule has 1 aliphatic carbocycles. The van der Waals surface area contributed by atoms with E-state index < -0.39 is 12.1 Å². The number of carbonyl (C=O) groups is 2. The van der Waals surface area contributed by atoms with Gasteiger partial charge in [0.15, 0.2) is 6.10 Å². The van der Waals surface area contributed by atoms with Crippen molar-refractivity contribution in [2.75, 3.05) is 19.7 Å². The Morgan fingerprint density at radius 1 is 1.32 bits per heavy atom. The quantitative estimate of drug-likeness (QED) is 0.925. The minimum absolute atomic E-state index is 0.0382. The van der Waals surface area contributed by atoms with Crippen molar-refractivity contribution in [1.82, 2.24) is 4.90 Å². The minimum Gasteiger partial charge on any atom is -0.479 e. The zero-order valence-corrected chi connectivity index (χ0v) is 12.5. The zero-order chi connectivity index (χ0) is 15.5. The van der Waals surface area contributed by atoms with E-state index in [0.29, 0.717) is 19.6 Å². The predicted octanol–water partition coefficient (Wildman–Crippen LogP) is 1.81. The summed E-state index contributed by atoms with van der Waals surface area (Å²) < 4.78 is 5.17. The minimum atomic E-state index is -1.000. The van der Waals surface area contributed by atoms with Crippen LogP contribution in [-0.4, -0.2) is 47.7 Å². The Morgan fingerprint density at radius 3 is 2.95 bits per heavy atom. The average Bonchev–Trinajstić information content (AvgIpc) is 2.55. The Balaban J connectivity index is 1.66. The second-order valence-corrected chi connectivity index (χ2v) is 6.03. The molecule has 1 aliphatic heterocycles. The van der Waals surface area contributed by atoms with Crippen LogP contribution >= 0.6 is 0 Å². The van der Waals surface area contributed by atoms with E-state index in [0.717, 1.165) is 19.3 Å². The molecule has 0 saturated carbocycles. The number of aliphatic carboxylic acids is 1. The molecule has 5 heteroatoms. The Morgan fingerprint density at radius 2 is 2.14 bits per heavy atom. The van der Waals surface area contributed by atoms with E-state index in [4.69, 9.17) is 9.84 Å². The average molecular weight is 303 g/mol. The lowest BCUT2D eigenvalue weighted by Gasteiger charge is -2.33. The van der Waals surface area contributed by atoms with Crippen molar-refractivity contribution in [2.45, 2.75) is 37.7 Å². The number of nitrogens with zero attached hydrogens (tertiary/aromatic N) is 1. The molecule has 0 spiro atoms. The van der Waals surface area contributed by atoms with Crippen molar-refractivity contribution >= 4 is 11.9 Å². The summed E-state index contributed by atoms with van der Waals surface area (Å²) in [5.74, 6) is -0.708. The van der Waals surface area contributed by atoms with Gasteiger partial charge in [0.25, 0.3) is 0 Å². The van der Waals surface area contributed by atoms with Gasteiger partial charge >= 0.3 is 5.97 Å². The highest BCUT2D eigenvalue weighted by atomic mass is 16.5. The Labute approximate surface area is 129 Å². The maximum Gasteiger partial charge on any atom is 0.334 e. The smallest absolute Gasteiger partial charge is 0.334 e. The number of morpholine rings is 1. The van der Waals surface area contributed by atoms with Crippen molar-refractivity contribution in [3.05, 3.63) is 35.4 Å². The van der Waals surface area contributed by atoms with E-state index >= 15 is 0 Å². The number of hydrogen-bond acceptors (Lipinski definition) is 3. The van der Waals surface area contributed by atoms with E-state index in [1.54, 1.807) is 4.90 Å². The summed E-state index contributed by atoms with van der Waals surface area (Å²) in [6, 6.07) is 8.33.